The maximum atomic E-state index is 12.9. The van der Waals surface area contributed by atoms with E-state index < -0.39 is 23.6 Å². The van der Waals surface area contributed by atoms with Crippen LogP contribution in [0.4, 0.5) is 4.79 Å². The van der Waals surface area contributed by atoms with Crippen LogP contribution in [0.2, 0.25) is 0 Å². The van der Waals surface area contributed by atoms with Gasteiger partial charge in [0.15, 0.2) is 5.60 Å². The van der Waals surface area contributed by atoms with Crippen LogP contribution in [-0.4, -0.2) is 66.4 Å². The third kappa shape index (κ3) is 3.72. The standard InChI is InChI=1S/C26H28N2O6/c1-16(23(29)28-13-17-10-11-34-26(17,15-28)24(30)31)12-27-25(32)33-14-22-20-8-4-2-6-18(20)19-7-3-5-9-21(19)22/h2-9,16-17,22H,10-15H2,1H3,(H,27,32)(H,30,31). The number of likely N-dealkylation sites (tertiary alicyclic amines) is 1. The third-order valence-electron chi connectivity index (χ3n) is 7.34. The van der Waals surface area contributed by atoms with Crippen molar-refractivity contribution < 1.29 is 29.0 Å². The van der Waals surface area contributed by atoms with E-state index >= 15 is 0 Å². The molecule has 0 aromatic heterocycles. The van der Waals surface area contributed by atoms with E-state index in [1.54, 1.807) is 11.8 Å². The number of carboxylic acid groups (broad SMARTS) is 1. The topological polar surface area (TPSA) is 105 Å². The lowest BCUT2D eigenvalue weighted by Crippen LogP contribution is -2.47. The van der Waals surface area contributed by atoms with Crippen molar-refractivity contribution >= 4 is 18.0 Å². The van der Waals surface area contributed by atoms with Gasteiger partial charge in [0.05, 0.1) is 12.5 Å². The molecule has 3 aliphatic rings. The zero-order valence-electron chi connectivity index (χ0n) is 19.0. The number of hydrogen-bond acceptors (Lipinski definition) is 5. The summed E-state index contributed by atoms with van der Waals surface area (Å²) in [4.78, 5) is 38.6. The Kier molecular flexibility index (Phi) is 5.77. The molecule has 2 N–H and O–H groups in total. The molecule has 2 heterocycles. The average Bonchev–Trinajstić information content (AvgIpc) is 3.50. The maximum absolute atomic E-state index is 12.9. The van der Waals surface area contributed by atoms with Gasteiger partial charge in [-0.1, -0.05) is 55.5 Å². The first-order valence-corrected chi connectivity index (χ1v) is 11.7. The Balaban J connectivity index is 1.15. The molecule has 2 amide bonds. The van der Waals surface area contributed by atoms with Gasteiger partial charge in [-0.3, -0.25) is 4.79 Å². The highest BCUT2D eigenvalue weighted by Gasteiger charge is 2.57. The molecule has 0 saturated carbocycles. The lowest BCUT2D eigenvalue weighted by molar-refractivity contribution is -0.161. The van der Waals surface area contributed by atoms with Gasteiger partial charge in [-0.2, -0.15) is 0 Å². The minimum absolute atomic E-state index is 0.0339. The number of rotatable bonds is 6. The summed E-state index contributed by atoms with van der Waals surface area (Å²) in [5, 5.41) is 12.3. The van der Waals surface area contributed by atoms with Crippen LogP contribution >= 0.6 is 0 Å². The number of alkyl carbamates (subject to hydrolysis) is 1. The maximum Gasteiger partial charge on any atom is 0.407 e. The van der Waals surface area contributed by atoms with E-state index in [2.05, 4.69) is 29.6 Å². The Morgan fingerprint density at radius 2 is 1.79 bits per heavy atom. The molecule has 2 aliphatic heterocycles. The zero-order chi connectivity index (χ0) is 23.9. The molecule has 8 nitrogen and oxygen atoms in total. The van der Waals surface area contributed by atoms with Gasteiger partial charge in [0, 0.05) is 31.5 Å². The number of benzene rings is 2. The number of ether oxygens (including phenoxy) is 2. The molecule has 2 aromatic carbocycles. The van der Waals surface area contributed by atoms with E-state index in [0.717, 1.165) is 22.3 Å². The van der Waals surface area contributed by atoms with Gasteiger partial charge in [0.2, 0.25) is 5.91 Å². The SMILES string of the molecule is CC(CNC(=O)OCC1c2ccccc2-c2ccccc21)C(=O)N1CC2CCOC2(C(=O)O)C1. The summed E-state index contributed by atoms with van der Waals surface area (Å²) in [7, 11) is 0. The molecule has 1 aliphatic carbocycles. The van der Waals surface area contributed by atoms with Gasteiger partial charge in [-0.25, -0.2) is 9.59 Å². The number of carboxylic acids is 1. The number of hydrogen-bond donors (Lipinski definition) is 2. The van der Waals surface area contributed by atoms with Crippen LogP contribution in [0.5, 0.6) is 0 Å². The normalized spacial score (nSPS) is 23.7. The molecule has 5 rings (SSSR count). The van der Waals surface area contributed by atoms with Crippen LogP contribution in [0.15, 0.2) is 48.5 Å². The van der Waals surface area contributed by atoms with Gasteiger partial charge < -0.3 is 24.8 Å². The molecule has 8 heteroatoms. The number of nitrogens with zero attached hydrogens (tertiary/aromatic N) is 1. The second-order valence-corrected chi connectivity index (χ2v) is 9.35. The van der Waals surface area contributed by atoms with Gasteiger partial charge in [0.25, 0.3) is 0 Å². The van der Waals surface area contributed by atoms with E-state index in [1.807, 2.05) is 24.3 Å². The Morgan fingerprint density at radius 1 is 1.15 bits per heavy atom. The van der Waals surface area contributed by atoms with Crippen LogP contribution in [0.25, 0.3) is 11.1 Å². The van der Waals surface area contributed by atoms with Crippen molar-refractivity contribution in [2.75, 3.05) is 32.8 Å². The van der Waals surface area contributed by atoms with E-state index in [0.29, 0.717) is 19.6 Å². The summed E-state index contributed by atoms with van der Waals surface area (Å²) in [6.07, 6.45) is 0.0489. The minimum Gasteiger partial charge on any atom is -0.479 e. The largest absolute Gasteiger partial charge is 0.479 e. The van der Waals surface area contributed by atoms with Gasteiger partial charge in [-0.15, -0.1) is 0 Å². The van der Waals surface area contributed by atoms with Crippen LogP contribution in [0.1, 0.15) is 30.4 Å². The molecule has 2 fully saturated rings. The molecule has 0 bridgehead atoms. The van der Waals surface area contributed by atoms with E-state index in [1.165, 1.54) is 0 Å². The summed E-state index contributed by atoms with van der Waals surface area (Å²) in [6.45, 7) is 2.83. The molecule has 2 aromatic rings. The summed E-state index contributed by atoms with van der Waals surface area (Å²) in [5.41, 5.74) is 3.29. The minimum atomic E-state index is -1.30. The zero-order valence-corrected chi connectivity index (χ0v) is 19.0. The number of fused-ring (bicyclic) bond motifs is 4. The molecule has 0 radical (unpaired) electrons. The van der Waals surface area contributed by atoms with Crippen LogP contribution in [0, 0.1) is 11.8 Å². The van der Waals surface area contributed by atoms with Crippen molar-refractivity contribution in [1.29, 1.82) is 0 Å². The van der Waals surface area contributed by atoms with Gasteiger partial charge >= 0.3 is 12.1 Å². The second kappa shape index (κ2) is 8.76. The van der Waals surface area contributed by atoms with Crippen molar-refractivity contribution in [2.24, 2.45) is 11.8 Å². The molecule has 178 valence electrons. The highest BCUT2D eigenvalue weighted by atomic mass is 16.5. The van der Waals surface area contributed by atoms with Gasteiger partial charge in [-0.05, 0) is 28.7 Å². The highest BCUT2D eigenvalue weighted by molar-refractivity contribution is 5.84. The second-order valence-electron chi connectivity index (χ2n) is 9.35. The highest BCUT2D eigenvalue weighted by Crippen LogP contribution is 2.44. The molecular weight excluding hydrogens is 436 g/mol. The molecule has 3 atom stereocenters. The Morgan fingerprint density at radius 3 is 2.41 bits per heavy atom. The fourth-order valence-electron chi connectivity index (χ4n) is 5.52. The predicted molar refractivity (Wildman–Crippen MR) is 123 cm³/mol. The molecular formula is C26H28N2O6. The lowest BCUT2D eigenvalue weighted by atomic mass is 9.91. The van der Waals surface area contributed by atoms with Crippen molar-refractivity contribution in [3.05, 3.63) is 59.7 Å². The summed E-state index contributed by atoms with van der Waals surface area (Å²) in [6, 6.07) is 16.2. The number of nitrogens with one attached hydrogen (secondary N) is 1. The smallest absolute Gasteiger partial charge is 0.407 e. The van der Waals surface area contributed by atoms with E-state index in [-0.39, 0.29) is 37.4 Å². The molecule has 34 heavy (non-hydrogen) atoms. The average molecular weight is 465 g/mol. The van der Waals surface area contributed by atoms with Crippen molar-refractivity contribution in [1.82, 2.24) is 10.2 Å². The molecule has 2 saturated heterocycles. The predicted octanol–water partition coefficient (Wildman–Crippen LogP) is 2.86. The fourth-order valence-corrected chi connectivity index (χ4v) is 5.52. The van der Waals surface area contributed by atoms with Gasteiger partial charge in [0.1, 0.15) is 6.61 Å². The first-order valence-electron chi connectivity index (χ1n) is 11.7. The van der Waals surface area contributed by atoms with E-state index in [9.17, 15) is 19.5 Å². The summed E-state index contributed by atoms with van der Waals surface area (Å²) in [5.74, 6) is -1.96. The monoisotopic (exact) mass is 464 g/mol. The number of carbonyl (C=O) groups is 3. The quantitative estimate of drug-likeness (QED) is 0.681. The first kappa shape index (κ1) is 22.4. The Labute approximate surface area is 197 Å². The van der Waals surface area contributed by atoms with Crippen LogP contribution < -0.4 is 5.32 Å². The third-order valence-corrected chi connectivity index (χ3v) is 7.34. The van der Waals surface area contributed by atoms with E-state index in [4.69, 9.17) is 9.47 Å². The van der Waals surface area contributed by atoms with Crippen LogP contribution in [-0.2, 0) is 19.1 Å². The van der Waals surface area contributed by atoms with Crippen molar-refractivity contribution in [3.63, 3.8) is 0 Å². The Hall–Kier alpha value is -3.39. The summed E-state index contributed by atoms with van der Waals surface area (Å²) < 4.78 is 11.1. The summed E-state index contributed by atoms with van der Waals surface area (Å²) >= 11 is 0. The number of aliphatic carboxylic acids is 1. The van der Waals surface area contributed by atoms with Crippen molar-refractivity contribution in [2.45, 2.75) is 24.9 Å². The lowest BCUT2D eigenvalue weighted by Gasteiger charge is -2.24. The fraction of sp³-hybridized carbons (Fsp3) is 0.423. The first-order chi connectivity index (χ1) is 16.4. The number of carbonyl (C=O) groups excluding carboxylic acids is 2. The number of amides is 2. The van der Waals surface area contributed by atoms with Crippen molar-refractivity contribution in [3.8, 4) is 11.1 Å². The Bertz CT molecular complexity index is 1090. The molecule has 3 unspecified atom stereocenters. The molecule has 0 spiro atoms. The van der Waals surface area contributed by atoms with Crippen LogP contribution in [0.3, 0.4) is 0 Å².